The van der Waals surface area contributed by atoms with Crippen LogP contribution < -0.4 is 0 Å². The van der Waals surface area contributed by atoms with Gasteiger partial charge in [-0.25, -0.2) is 0 Å². The first-order valence-electron chi connectivity index (χ1n) is 6.78. The van der Waals surface area contributed by atoms with Crippen LogP contribution in [0.2, 0.25) is 19.6 Å². The highest BCUT2D eigenvalue weighted by Crippen LogP contribution is 2.79. The molecule has 0 saturated carbocycles. The lowest BCUT2D eigenvalue weighted by Gasteiger charge is -2.20. The third-order valence-corrected chi connectivity index (χ3v) is 10.4. The Kier molecular flexibility index (Phi) is 3.60. The summed E-state index contributed by atoms with van der Waals surface area (Å²) in [6.07, 6.45) is 0. The van der Waals surface area contributed by atoms with Gasteiger partial charge in [-0.2, -0.15) is 0 Å². The van der Waals surface area contributed by atoms with Crippen LogP contribution in [0.1, 0.15) is 26.3 Å². The SMILES string of the molecule is CC(C)(C)C1=C(c2ccccc2)[P@]1C[Si](C)(C)C. The first-order chi connectivity index (χ1) is 8.20. The summed E-state index contributed by atoms with van der Waals surface area (Å²) in [7, 11) is -0.901. The molecule has 1 aliphatic heterocycles. The minimum absolute atomic E-state index is 0.0653. The lowest BCUT2D eigenvalue weighted by molar-refractivity contribution is 0.539. The summed E-state index contributed by atoms with van der Waals surface area (Å²) in [4.78, 5) is 0. The summed E-state index contributed by atoms with van der Waals surface area (Å²) < 4.78 is 0. The molecule has 1 atom stereocenters. The van der Waals surface area contributed by atoms with Crippen LogP contribution in [0.25, 0.3) is 5.31 Å². The van der Waals surface area contributed by atoms with Gasteiger partial charge >= 0.3 is 0 Å². The summed E-state index contributed by atoms with van der Waals surface area (Å²) in [5.74, 6) is 1.47. The van der Waals surface area contributed by atoms with Crippen molar-refractivity contribution in [2.75, 3.05) is 5.79 Å². The standard InChI is InChI=1S/C16H25PSi/c1-16(2,3)15-14(13-10-8-7-9-11-13)17(15)12-18(4,5)6/h7-11H,12H2,1-6H3/t17-/m0/s1. The van der Waals surface area contributed by atoms with Crippen molar-refractivity contribution in [1.29, 1.82) is 0 Å². The molecule has 2 heteroatoms. The Morgan fingerprint density at radius 1 is 1.00 bits per heavy atom. The number of hydrogen-bond acceptors (Lipinski definition) is 0. The number of benzene rings is 1. The molecular formula is C16H25PSi. The van der Waals surface area contributed by atoms with E-state index in [0.29, 0.717) is 5.41 Å². The van der Waals surface area contributed by atoms with Crippen molar-refractivity contribution in [1.82, 2.24) is 0 Å². The van der Waals surface area contributed by atoms with Gasteiger partial charge in [-0.1, -0.05) is 70.7 Å². The molecule has 18 heavy (non-hydrogen) atoms. The summed E-state index contributed by atoms with van der Waals surface area (Å²) in [5, 5.41) is 3.48. The van der Waals surface area contributed by atoms with Gasteiger partial charge < -0.3 is 0 Å². The van der Waals surface area contributed by atoms with Crippen molar-refractivity contribution in [2.24, 2.45) is 5.41 Å². The highest BCUT2D eigenvalue weighted by atomic mass is 31.1. The van der Waals surface area contributed by atoms with Gasteiger partial charge in [-0.05, 0) is 35.3 Å². The van der Waals surface area contributed by atoms with E-state index in [2.05, 4.69) is 70.7 Å². The largest absolute Gasteiger partial charge is 0.0693 e. The Labute approximate surface area is 114 Å². The van der Waals surface area contributed by atoms with Crippen LogP contribution in [0.15, 0.2) is 35.6 Å². The zero-order chi connectivity index (χ0) is 13.6. The van der Waals surface area contributed by atoms with Gasteiger partial charge in [-0.3, -0.25) is 0 Å². The monoisotopic (exact) mass is 276 g/mol. The predicted molar refractivity (Wildman–Crippen MR) is 88.0 cm³/mol. The van der Waals surface area contributed by atoms with Gasteiger partial charge in [0.25, 0.3) is 0 Å². The Hall–Kier alpha value is -0.393. The minimum Gasteiger partial charge on any atom is -0.0693 e. The molecule has 0 aliphatic carbocycles. The number of hydrogen-bond donors (Lipinski definition) is 0. The molecule has 1 aromatic rings. The molecule has 0 aromatic heterocycles. The lowest BCUT2D eigenvalue weighted by Crippen LogP contribution is -2.24. The molecule has 0 radical (unpaired) electrons. The van der Waals surface area contributed by atoms with E-state index in [1.54, 1.807) is 10.6 Å². The van der Waals surface area contributed by atoms with Crippen LogP contribution in [0.3, 0.4) is 0 Å². The highest BCUT2D eigenvalue weighted by molar-refractivity contribution is 7.83. The lowest BCUT2D eigenvalue weighted by atomic mass is 9.95. The Bertz CT molecular complexity index is 460. The van der Waals surface area contributed by atoms with Crippen molar-refractivity contribution < 1.29 is 0 Å². The average molecular weight is 276 g/mol. The Balaban J connectivity index is 2.28. The fourth-order valence-corrected chi connectivity index (χ4v) is 9.88. The fourth-order valence-electron chi connectivity index (χ4n) is 2.48. The van der Waals surface area contributed by atoms with E-state index in [0.717, 1.165) is 0 Å². The molecule has 1 aromatic carbocycles. The van der Waals surface area contributed by atoms with E-state index in [1.807, 2.05) is 0 Å². The molecule has 98 valence electrons. The molecule has 0 bridgehead atoms. The van der Waals surface area contributed by atoms with Crippen LogP contribution in [-0.2, 0) is 0 Å². The van der Waals surface area contributed by atoms with E-state index in [-0.39, 0.29) is 7.92 Å². The summed E-state index contributed by atoms with van der Waals surface area (Å²) in [6, 6.07) is 11.0. The molecule has 0 spiro atoms. The predicted octanol–water partition coefficient (Wildman–Crippen LogP) is 5.77. The van der Waals surface area contributed by atoms with E-state index in [9.17, 15) is 0 Å². The van der Waals surface area contributed by atoms with Crippen molar-refractivity contribution in [3.63, 3.8) is 0 Å². The first-order valence-corrected chi connectivity index (χ1v) is 12.0. The molecule has 2 rings (SSSR count). The average Bonchev–Trinajstić information content (AvgIpc) is 2.90. The van der Waals surface area contributed by atoms with Crippen molar-refractivity contribution in [2.45, 2.75) is 40.4 Å². The van der Waals surface area contributed by atoms with Crippen LogP contribution >= 0.6 is 7.92 Å². The second-order valence-electron chi connectivity index (χ2n) is 7.46. The molecular weight excluding hydrogens is 251 g/mol. The Morgan fingerprint density at radius 2 is 1.56 bits per heavy atom. The molecule has 0 unspecified atom stereocenters. The van der Waals surface area contributed by atoms with Crippen LogP contribution in [-0.4, -0.2) is 13.9 Å². The maximum atomic E-state index is 2.50. The molecule has 0 fully saturated rings. The Morgan fingerprint density at radius 3 is 2.00 bits per heavy atom. The van der Waals surface area contributed by atoms with E-state index in [4.69, 9.17) is 0 Å². The van der Waals surface area contributed by atoms with Gasteiger partial charge in [0.1, 0.15) is 0 Å². The second-order valence-corrected chi connectivity index (χ2v) is 15.6. The maximum Gasteiger partial charge on any atom is 0.0492 e. The van der Waals surface area contributed by atoms with Gasteiger partial charge in [-0.15, -0.1) is 0 Å². The van der Waals surface area contributed by atoms with Crippen LogP contribution in [0, 0.1) is 5.41 Å². The maximum absolute atomic E-state index is 2.50. The zero-order valence-electron chi connectivity index (χ0n) is 12.5. The van der Waals surface area contributed by atoms with Crippen LogP contribution in [0.4, 0.5) is 0 Å². The first kappa shape index (κ1) is 14.0. The summed E-state index contributed by atoms with van der Waals surface area (Å²) >= 11 is 0. The van der Waals surface area contributed by atoms with E-state index in [1.165, 1.54) is 11.3 Å². The van der Waals surface area contributed by atoms with Gasteiger partial charge in [0.15, 0.2) is 0 Å². The van der Waals surface area contributed by atoms with Crippen molar-refractivity contribution in [3.05, 3.63) is 41.2 Å². The van der Waals surface area contributed by atoms with E-state index < -0.39 is 8.07 Å². The smallest absolute Gasteiger partial charge is 0.0492 e. The molecule has 0 nitrogen and oxygen atoms in total. The summed E-state index contributed by atoms with van der Waals surface area (Å²) in [6.45, 7) is 14.6. The molecule has 0 amide bonds. The number of rotatable bonds is 3. The van der Waals surface area contributed by atoms with Gasteiger partial charge in [0, 0.05) is 8.07 Å². The van der Waals surface area contributed by atoms with Gasteiger partial charge in [0.2, 0.25) is 0 Å². The molecule has 1 aliphatic rings. The third-order valence-electron chi connectivity index (χ3n) is 3.10. The quantitative estimate of drug-likeness (QED) is 0.485. The van der Waals surface area contributed by atoms with Crippen LogP contribution in [0.5, 0.6) is 0 Å². The third kappa shape index (κ3) is 3.13. The highest BCUT2D eigenvalue weighted by Gasteiger charge is 2.45. The van der Waals surface area contributed by atoms with Crippen molar-refractivity contribution in [3.8, 4) is 0 Å². The normalized spacial score (nSPS) is 20.2. The topological polar surface area (TPSA) is 0 Å². The molecule has 0 saturated heterocycles. The fraction of sp³-hybridized carbons (Fsp3) is 0.500. The number of allylic oxidation sites excluding steroid dienone is 1. The van der Waals surface area contributed by atoms with Gasteiger partial charge in [0.05, 0.1) is 0 Å². The second kappa shape index (κ2) is 4.61. The summed E-state index contributed by atoms with van der Waals surface area (Å²) in [5.41, 5.74) is 1.84. The molecule has 0 N–H and O–H groups in total. The zero-order valence-corrected chi connectivity index (χ0v) is 14.4. The minimum atomic E-state index is -0.966. The van der Waals surface area contributed by atoms with Crippen molar-refractivity contribution >= 4 is 21.3 Å². The van der Waals surface area contributed by atoms with E-state index >= 15 is 0 Å². The molecule has 1 heterocycles.